The highest BCUT2D eigenvalue weighted by Crippen LogP contribution is 2.30. The largest absolute Gasteiger partial charge is 0.0841 e. The van der Waals surface area contributed by atoms with Crippen LogP contribution in [0.4, 0.5) is 0 Å². The monoisotopic (exact) mass is 194 g/mol. The summed E-state index contributed by atoms with van der Waals surface area (Å²) >= 11 is 5.97. The first-order valence-electron chi connectivity index (χ1n) is 5.01. The molecule has 0 bridgehead atoms. The smallest absolute Gasteiger partial charge is 0.0435 e. The average molecular weight is 195 g/mol. The van der Waals surface area contributed by atoms with Gasteiger partial charge in [0.1, 0.15) is 0 Å². The first kappa shape index (κ1) is 9.08. The van der Waals surface area contributed by atoms with Gasteiger partial charge in [-0.3, -0.25) is 0 Å². The van der Waals surface area contributed by atoms with E-state index < -0.39 is 0 Å². The highest BCUT2D eigenvalue weighted by molar-refractivity contribution is 6.31. The van der Waals surface area contributed by atoms with Gasteiger partial charge >= 0.3 is 0 Å². The fourth-order valence-corrected chi connectivity index (χ4v) is 1.98. The lowest BCUT2D eigenvalue weighted by molar-refractivity contribution is 0.314. The van der Waals surface area contributed by atoms with Gasteiger partial charge in [0.25, 0.3) is 0 Å². The van der Waals surface area contributed by atoms with Crippen molar-refractivity contribution in [1.82, 2.24) is 0 Å². The minimum atomic E-state index is 0.886. The zero-order valence-corrected chi connectivity index (χ0v) is 8.77. The Balaban J connectivity index is 2.07. The molecule has 1 heteroatoms. The molecule has 0 saturated heterocycles. The molecule has 0 radical (unpaired) electrons. The van der Waals surface area contributed by atoms with Gasteiger partial charge in [-0.05, 0) is 36.5 Å². The number of hydrogen-bond donors (Lipinski definition) is 0. The van der Waals surface area contributed by atoms with Crippen LogP contribution in [0.2, 0.25) is 5.02 Å². The first-order valence-corrected chi connectivity index (χ1v) is 5.38. The van der Waals surface area contributed by atoms with E-state index in [9.17, 15) is 0 Å². The predicted octanol–water partition coefficient (Wildman–Crippen LogP) is 3.99. The summed E-state index contributed by atoms with van der Waals surface area (Å²) in [6, 6.07) is 6.40. The van der Waals surface area contributed by atoms with Crippen LogP contribution in [-0.2, 0) is 6.42 Å². The Morgan fingerprint density at radius 3 is 2.69 bits per heavy atom. The van der Waals surface area contributed by atoms with E-state index in [1.807, 2.05) is 6.07 Å². The summed E-state index contributed by atoms with van der Waals surface area (Å²) in [5.41, 5.74) is 2.66. The molecule has 70 valence electrons. The van der Waals surface area contributed by atoms with E-state index in [2.05, 4.69) is 19.1 Å². The van der Waals surface area contributed by atoms with Gasteiger partial charge in [0.15, 0.2) is 0 Å². The van der Waals surface area contributed by atoms with Gasteiger partial charge in [-0.25, -0.2) is 0 Å². The van der Waals surface area contributed by atoms with Crippen LogP contribution in [0.15, 0.2) is 18.2 Å². The summed E-state index contributed by atoms with van der Waals surface area (Å²) in [5.74, 6) is 0.945. The van der Waals surface area contributed by atoms with Gasteiger partial charge in [0, 0.05) is 5.02 Å². The first-order chi connectivity index (χ1) is 6.25. The van der Waals surface area contributed by atoms with Gasteiger partial charge < -0.3 is 0 Å². The van der Waals surface area contributed by atoms with E-state index in [-0.39, 0.29) is 0 Å². The summed E-state index contributed by atoms with van der Waals surface area (Å²) in [5, 5.41) is 0.886. The van der Waals surface area contributed by atoms with Crippen LogP contribution in [0.3, 0.4) is 0 Å². The maximum Gasteiger partial charge on any atom is 0.0435 e. The Hall–Kier alpha value is -0.490. The highest BCUT2D eigenvalue weighted by Gasteiger charge is 2.17. The van der Waals surface area contributed by atoms with Gasteiger partial charge in [-0.1, -0.05) is 43.0 Å². The van der Waals surface area contributed by atoms with Crippen LogP contribution < -0.4 is 0 Å². The Morgan fingerprint density at radius 2 is 2.15 bits per heavy atom. The maximum atomic E-state index is 5.97. The molecule has 0 heterocycles. The number of halogens is 1. The Labute approximate surface area is 84.9 Å². The van der Waals surface area contributed by atoms with Crippen molar-refractivity contribution in [3.05, 3.63) is 34.3 Å². The second-order valence-corrected chi connectivity index (χ2v) is 4.49. The molecule has 1 saturated carbocycles. The molecule has 0 aromatic heterocycles. The Kier molecular flexibility index (Phi) is 2.59. The molecular weight excluding hydrogens is 180 g/mol. The zero-order valence-electron chi connectivity index (χ0n) is 8.02. The van der Waals surface area contributed by atoms with Crippen LogP contribution in [0.25, 0.3) is 0 Å². The fourth-order valence-electron chi connectivity index (χ4n) is 1.86. The molecule has 0 atom stereocenters. The van der Waals surface area contributed by atoms with E-state index in [4.69, 9.17) is 11.6 Å². The van der Waals surface area contributed by atoms with Crippen molar-refractivity contribution in [1.29, 1.82) is 0 Å². The molecule has 1 aliphatic rings. The second kappa shape index (κ2) is 3.71. The Morgan fingerprint density at radius 1 is 1.38 bits per heavy atom. The summed E-state index contributed by atoms with van der Waals surface area (Å²) in [6.07, 6.45) is 5.51. The van der Waals surface area contributed by atoms with Crippen LogP contribution in [0.1, 0.15) is 30.4 Å². The predicted molar refractivity (Wildman–Crippen MR) is 57.2 cm³/mol. The Bertz CT molecular complexity index is 300. The molecule has 1 aromatic rings. The summed E-state index contributed by atoms with van der Waals surface area (Å²) in [4.78, 5) is 0. The molecule has 1 fully saturated rings. The van der Waals surface area contributed by atoms with Crippen LogP contribution in [-0.4, -0.2) is 0 Å². The summed E-state index contributed by atoms with van der Waals surface area (Å²) < 4.78 is 0. The quantitative estimate of drug-likeness (QED) is 0.668. The van der Waals surface area contributed by atoms with Crippen molar-refractivity contribution in [2.45, 2.75) is 32.6 Å². The standard InChI is InChI=1S/C12H15Cl/c1-9-7-11(5-6-12(9)13)8-10-3-2-4-10/h5-7,10H,2-4,8H2,1H3. The van der Waals surface area contributed by atoms with Crippen molar-refractivity contribution in [2.75, 3.05) is 0 Å². The summed E-state index contributed by atoms with van der Waals surface area (Å²) in [7, 11) is 0. The minimum absolute atomic E-state index is 0.886. The topological polar surface area (TPSA) is 0 Å². The van der Waals surface area contributed by atoms with Gasteiger partial charge in [-0.15, -0.1) is 0 Å². The summed E-state index contributed by atoms with van der Waals surface area (Å²) in [6.45, 7) is 2.08. The van der Waals surface area contributed by atoms with E-state index >= 15 is 0 Å². The minimum Gasteiger partial charge on any atom is -0.0841 e. The molecule has 0 spiro atoms. The maximum absolute atomic E-state index is 5.97. The third-order valence-electron chi connectivity index (χ3n) is 2.97. The third-order valence-corrected chi connectivity index (χ3v) is 3.40. The molecule has 0 aliphatic heterocycles. The molecule has 0 N–H and O–H groups in total. The van der Waals surface area contributed by atoms with E-state index in [0.29, 0.717) is 0 Å². The van der Waals surface area contributed by atoms with Crippen molar-refractivity contribution < 1.29 is 0 Å². The number of rotatable bonds is 2. The van der Waals surface area contributed by atoms with Crippen LogP contribution in [0.5, 0.6) is 0 Å². The third kappa shape index (κ3) is 2.05. The zero-order chi connectivity index (χ0) is 9.26. The van der Waals surface area contributed by atoms with E-state index in [1.54, 1.807) is 0 Å². The fraction of sp³-hybridized carbons (Fsp3) is 0.500. The number of benzene rings is 1. The number of hydrogen-bond acceptors (Lipinski definition) is 0. The molecule has 0 unspecified atom stereocenters. The van der Waals surface area contributed by atoms with Crippen LogP contribution in [0, 0.1) is 12.8 Å². The molecule has 1 aromatic carbocycles. The SMILES string of the molecule is Cc1cc(CC2CCC2)ccc1Cl. The van der Waals surface area contributed by atoms with Crippen molar-refractivity contribution in [2.24, 2.45) is 5.92 Å². The van der Waals surface area contributed by atoms with E-state index in [0.717, 1.165) is 10.9 Å². The van der Waals surface area contributed by atoms with Gasteiger partial charge in [-0.2, -0.15) is 0 Å². The molecule has 2 rings (SSSR count). The average Bonchev–Trinajstić information content (AvgIpc) is 2.04. The van der Waals surface area contributed by atoms with Gasteiger partial charge in [0.2, 0.25) is 0 Å². The second-order valence-electron chi connectivity index (χ2n) is 4.08. The molecule has 0 amide bonds. The lowest BCUT2D eigenvalue weighted by Gasteiger charge is -2.25. The van der Waals surface area contributed by atoms with Gasteiger partial charge in [0.05, 0.1) is 0 Å². The lowest BCUT2D eigenvalue weighted by Crippen LogP contribution is -2.13. The molecule has 0 nitrogen and oxygen atoms in total. The van der Waals surface area contributed by atoms with Crippen molar-refractivity contribution in [3.8, 4) is 0 Å². The normalized spacial score (nSPS) is 17.1. The molecular formula is C12H15Cl. The molecule has 13 heavy (non-hydrogen) atoms. The number of aryl methyl sites for hydroxylation is 1. The van der Waals surface area contributed by atoms with Crippen LogP contribution >= 0.6 is 11.6 Å². The van der Waals surface area contributed by atoms with E-state index in [1.165, 1.54) is 36.8 Å². The lowest BCUT2D eigenvalue weighted by atomic mass is 9.81. The van der Waals surface area contributed by atoms with Crippen molar-refractivity contribution >= 4 is 11.6 Å². The molecule has 1 aliphatic carbocycles. The van der Waals surface area contributed by atoms with Crippen molar-refractivity contribution in [3.63, 3.8) is 0 Å². The highest BCUT2D eigenvalue weighted by atomic mass is 35.5.